The quantitative estimate of drug-likeness (QED) is 0.531. The number of benzene rings is 2. The number of nitrogens with one attached hydrogen (secondary N) is 1. The first-order valence-corrected chi connectivity index (χ1v) is 12.0. The summed E-state index contributed by atoms with van der Waals surface area (Å²) in [4.78, 5) is 19.6. The first kappa shape index (κ1) is 20.3. The number of aromatic nitrogens is 3. The summed E-state index contributed by atoms with van der Waals surface area (Å²) >= 11 is 1.39. The van der Waals surface area contributed by atoms with Gasteiger partial charge in [0.25, 0.3) is 0 Å². The minimum atomic E-state index is -0.0404. The summed E-state index contributed by atoms with van der Waals surface area (Å²) in [6.07, 6.45) is 4.91. The molecule has 0 radical (unpaired) electrons. The van der Waals surface area contributed by atoms with Crippen molar-refractivity contribution in [2.45, 2.75) is 43.3 Å². The van der Waals surface area contributed by atoms with E-state index in [4.69, 9.17) is 4.98 Å². The normalized spacial score (nSPS) is 16.5. The topological polar surface area (TPSA) is 63.1 Å². The maximum absolute atomic E-state index is 12.5. The third-order valence-corrected chi connectivity index (χ3v) is 6.57. The van der Waals surface area contributed by atoms with Crippen LogP contribution in [-0.4, -0.2) is 44.4 Å². The van der Waals surface area contributed by atoms with Crippen LogP contribution in [0.3, 0.4) is 0 Å². The number of hydrogen-bond acceptors (Lipinski definition) is 5. The number of para-hydroxylation sites is 1. The summed E-state index contributed by atoms with van der Waals surface area (Å²) < 4.78 is 1.93. The number of rotatable bonds is 8. The van der Waals surface area contributed by atoms with Gasteiger partial charge in [-0.05, 0) is 68.6 Å². The van der Waals surface area contributed by atoms with E-state index in [1.807, 2.05) is 47.1 Å². The molecule has 1 aliphatic heterocycles. The Morgan fingerprint density at radius 1 is 1.03 bits per heavy atom. The molecule has 0 bridgehead atoms. The molecule has 0 atom stereocenters. The van der Waals surface area contributed by atoms with Gasteiger partial charge in [0.05, 0.1) is 11.4 Å². The molecule has 0 spiro atoms. The second kappa shape index (κ2) is 9.24. The molecule has 3 aromatic rings. The lowest BCUT2D eigenvalue weighted by atomic mass is 10.2. The third kappa shape index (κ3) is 5.17. The van der Waals surface area contributed by atoms with Crippen molar-refractivity contribution in [1.82, 2.24) is 19.7 Å². The SMILES string of the molecule is O=C(CSc1nc(C2CC2)n(-c2ccccc2)n1)Nc1ccc(CN2CCCC2)cc1. The molecule has 7 heteroatoms. The molecule has 2 fully saturated rings. The van der Waals surface area contributed by atoms with Gasteiger partial charge < -0.3 is 5.32 Å². The zero-order valence-corrected chi connectivity index (χ0v) is 18.4. The summed E-state index contributed by atoms with van der Waals surface area (Å²) in [6.45, 7) is 3.36. The lowest BCUT2D eigenvalue weighted by Crippen LogP contribution is -2.18. The minimum Gasteiger partial charge on any atom is -0.325 e. The maximum atomic E-state index is 12.5. The van der Waals surface area contributed by atoms with Crippen LogP contribution >= 0.6 is 11.8 Å². The van der Waals surface area contributed by atoms with Gasteiger partial charge in [0.1, 0.15) is 5.82 Å². The van der Waals surface area contributed by atoms with E-state index < -0.39 is 0 Å². The Balaban J connectivity index is 1.17. The molecule has 6 nitrogen and oxygen atoms in total. The van der Waals surface area contributed by atoms with Crippen molar-refractivity contribution in [3.05, 3.63) is 66.0 Å². The van der Waals surface area contributed by atoms with Crippen molar-refractivity contribution in [3.63, 3.8) is 0 Å². The number of hydrogen-bond donors (Lipinski definition) is 1. The standard InChI is InChI=1S/C24H27N5OS/c30-22(25-20-12-8-18(9-13-20)16-28-14-4-5-15-28)17-31-24-26-23(19-10-11-19)29(27-24)21-6-2-1-3-7-21/h1-3,6-9,12-13,19H,4-5,10-11,14-17H2,(H,25,30). The summed E-state index contributed by atoms with van der Waals surface area (Å²) in [5.41, 5.74) is 3.14. The minimum absolute atomic E-state index is 0.0404. The van der Waals surface area contributed by atoms with Gasteiger partial charge >= 0.3 is 0 Å². The average Bonchev–Trinajstić information content (AvgIpc) is 3.34. The summed E-state index contributed by atoms with van der Waals surface area (Å²) in [6, 6.07) is 18.3. The largest absolute Gasteiger partial charge is 0.325 e. The predicted octanol–water partition coefficient (Wildman–Crippen LogP) is 4.47. The van der Waals surface area contributed by atoms with E-state index in [-0.39, 0.29) is 5.91 Å². The zero-order chi connectivity index (χ0) is 21.0. The fourth-order valence-corrected chi connectivity index (χ4v) is 4.58. The maximum Gasteiger partial charge on any atom is 0.234 e. The molecule has 1 N–H and O–H groups in total. The van der Waals surface area contributed by atoms with E-state index in [9.17, 15) is 4.79 Å². The van der Waals surface area contributed by atoms with E-state index >= 15 is 0 Å². The van der Waals surface area contributed by atoms with Crippen LogP contribution in [0.2, 0.25) is 0 Å². The first-order valence-electron chi connectivity index (χ1n) is 11.0. The second-order valence-electron chi connectivity index (χ2n) is 8.29. The molecule has 1 aliphatic carbocycles. The molecule has 2 heterocycles. The number of thioether (sulfide) groups is 1. The van der Waals surface area contributed by atoms with E-state index in [1.165, 1.54) is 43.3 Å². The van der Waals surface area contributed by atoms with Crippen molar-refractivity contribution in [2.75, 3.05) is 24.2 Å². The van der Waals surface area contributed by atoms with E-state index in [2.05, 4.69) is 27.4 Å². The van der Waals surface area contributed by atoms with Crippen LogP contribution < -0.4 is 5.32 Å². The Bertz CT molecular complexity index is 1020. The number of carbonyl (C=O) groups is 1. The second-order valence-corrected chi connectivity index (χ2v) is 9.23. The molecule has 2 aliphatic rings. The molecule has 5 rings (SSSR count). The van der Waals surface area contributed by atoms with Gasteiger partial charge in [-0.1, -0.05) is 42.1 Å². The molecular formula is C24H27N5OS. The van der Waals surface area contributed by atoms with Gasteiger partial charge in [0, 0.05) is 18.2 Å². The number of nitrogens with zero attached hydrogens (tertiary/aromatic N) is 4. The lowest BCUT2D eigenvalue weighted by molar-refractivity contribution is -0.113. The van der Waals surface area contributed by atoms with Gasteiger partial charge in [-0.25, -0.2) is 9.67 Å². The summed E-state index contributed by atoms with van der Waals surface area (Å²) in [7, 11) is 0. The van der Waals surface area contributed by atoms with E-state index in [1.54, 1.807) is 0 Å². The highest BCUT2D eigenvalue weighted by Gasteiger charge is 2.30. The van der Waals surface area contributed by atoms with Crippen molar-refractivity contribution in [3.8, 4) is 5.69 Å². The van der Waals surface area contributed by atoms with Gasteiger partial charge in [-0.3, -0.25) is 9.69 Å². The Morgan fingerprint density at radius 2 is 1.77 bits per heavy atom. The number of amides is 1. The first-order chi connectivity index (χ1) is 15.2. The highest BCUT2D eigenvalue weighted by Crippen LogP contribution is 2.40. The van der Waals surface area contributed by atoms with Crippen LogP contribution in [0.1, 0.15) is 43.0 Å². The Hall–Kier alpha value is -2.64. The molecule has 1 saturated carbocycles. The molecule has 1 aromatic heterocycles. The van der Waals surface area contributed by atoms with Gasteiger partial charge in [-0.2, -0.15) is 0 Å². The molecular weight excluding hydrogens is 406 g/mol. The fourth-order valence-electron chi connectivity index (χ4n) is 3.95. The molecule has 2 aromatic carbocycles. The van der Waals surface area contributed by atoms with Gasteiger partial charge in [0.2, 0.25) is 11.1 Å². The van der Waals surface area contributed by atoms with E-state index in [0.717, 1.165) is 36.6 Å². The molecule has 0 unspecified atom stereocenters. The van der Waals surface area contributed by atoms with Crippen LogP contribution in [0.15, 0.2) is 59.8 Å². The highest BCUT2D eigenvalue weighted by molar-refractivity contribution is 7.99. The third-order valence-electron chi connectivity index (χ3n) is 5.73. The molecule has 160 valence electrons. The molecule has 1 saturated heterocycles. The highest BCUT2D eigenvalue weighted by atomic mass is 32.2. The van der Waals surface area contributed by atoms with Crippen molar-refractivity contribution >= 4 is 23.4 Å². The van der Waals surface area contributed by atoms with E-state index in [0.29, 0.717) is 16.8 Å². The van der Waals surface area contributed by atoms with Crippen molar-refractivity contribution < 1.29 is 4.79 Å². The fraction of sp³-hybridized carbons (Fsp3) is 0.375. The zero-order valence-electron chi connectivity index (χ0n) is 17.5. The monoisotopic (exact) mass is 433 g/mol. The summed E-state index contributed by atoms with van der Waals surface area (Å²) in [5.74, 6) is 1.73. The number of carbonyl (C=O) groups excluding carboxylic acids is 1. The van der Waals surface area contributed by atoms with Crippen LogP contribution in [0.5, 0.6) is 0 Å². The van der Waals surface area contributed by atoms with Crippen molar-refractivity contribution in [2.24, 2.45) is 0 Å². The Morgan fingerprint density at radius 3 is 2.48 bits per heavy atom. The smallest absolute Gasteiger partial charge is 0.234 e. The number of anilines is 1. The lowest BCUT2D eigenvalue weighted by Gasteiger charge is -2.14. The molecule has 1 amide bonds. The Kier molecular flexibility index (Phi) is 6.04. The average molecular weight is 434 g/mol. The van der Waals surface area contributed by atoms with Gasteiger partial charge in [0.15, 0.2) is 0 Å². The Labute approximate surface area is 187 Å². The molecule has 31 heavy (non-hydrogen) atoms. The number of likely N-dealkylation sites (tertiary alicyclic amines) is 1. The predicted molar refractivity (Wildman–Crippen MR) is 124 cm³/mol. The van der Waals surface area contributed by atoms with Crippen LogP contribution in [0.25, 0.3) is 5.69 Å². The summed E-state index contributed by atoms with van der Waals surface area (Å²) in [5, 5.41) is 8.30. The van der Waals surface area contributed by atoms with Crippen LogP contribution in [0.4, 0.5) is 5.69 Å². The van der Waals surface area contributed by atoms with Crippen LogP contribution in [-0.2, 0) is 11.3 Å². The van der Waals surface area contributed by atoms with Crippen LogP contribution in [0, 0.1) is 0 Å². The van der Waals surface area contributed by atoms with Crippen molar-refractivity contribution in [1.29, 1.82) is 0 Å². The van der Waals surface area contributed by atoms with Gasteiger partial charge in [-0.15, -0.1) is 5.10 Å².